The van der Waals surface area contributed by atoms with E-state index >= 15 is 0 Å². The first-order valence-electron chi connectivity index (χ1n) is 5.13. The second kappa shape index (κ2) is 5.21. The van der Waals surface area contributed by atoms with Crippen LogP contribution in [0, 0.1) is 0 Å². The van der Waals surface area contributed by atoms with E-state index in [-0.39, 0.29) is 4.75 Å². The molecule has 0 unspecified atom stereocenters. The quantitative estimate of drug-likeness (QED) is 0.740. The van der Waals surface area contributed by atoms with Gasteiger partial charge in [-0.3, -0.25) is 0 Å². The van der Waals surface area contributed by atoms with Gasteiger partial charge in [0, 0.05) is 5.56 Å². The fraction of sp³-hybridized carbons (Fsp3) is 0.308. The molecule has 0 bridgehead atoms. The number of hydrogen-bond donors (Lipinski definition) is 0. The molecular formula is C13H17NOS. The number of rotatable bonds is 3. The van der Waals surface area contributed by atoms with Crippen LogP contribution in [0.3, 0.4) is 0 Å². The minimum Gasteiger partial charge on any atom is -0.234 e. The Morgan fingerprint density at radius 1 is 1.31 bits per heavy atom. The van der Waals surface area contributed by atoms with Gasteiger partial charge in [0.15, 0.2) is 0 Å². The highest BCUT2D eigenvalue weighted by Gasteiger charge is 2.19. The van der Waals surface area contributed by atoms with Gasteiger partial charge in [0.25, 0.3) is 0 Å². The van der Waals surface area contributed by atoms with Gasteiger partial charge in [0.05, 0.1) is 10.5 Å². The molecule has 0 aromatic heterocycles. The zero-order valence-electron chi connectivity index (χ0n) is 9.93. The molecule has 1 aromatic carbocycles. The molecule has 0 saturated carbocycles. The second-order valence-electron chi connectivity index (χ2n) is 4.41. The first kappa shape index (κ1) is 12.8. The molecule has 0 aliphatic heterocycles. The lowest BCUT2D eigenvalue weighted by Crippen LogP contribution is -2.20. The summed E-state index contributed by atoms with van der Waals surface area (Å²) in [5.41, 5.74) is 1.61. The highest BCUT2D eigenvalue weighted by atomic mass is 32.2. The molecule has 0 aliphatic carbocycles. The SMILES string of the molecule is C=C/C(=N\[S@](=O)C(C)(C)C)c1ccccc1. The number of benzene rings is 1. The van der Waals surface area contributed by atoms with Crippen LogP contribution in [0.1, 0.15) is 26.3 Å². The fourth-order valence-corrected chi connectivity index (χ4v) is 1.68. The number of allylic oxidation sites excluding steroid dienone is 1. The lowest BCUT2D eigenvalue weighted by molar-refractivity contribution is 0.650. The molecular weight excluding hydrogens is 218 g/mol. The van der Waals surface area contributed by atoms with Gasteiger partial charge in [-0.25, -0.2) is 4.21 Å². The number of nitrogens with zero attached hydrogens (tertiary/aromatic N) is 1. The molecule has 86 valence electrons. The summed E-state index contributed by atoms with van der Waals surface area (Å²) in [5.74, 6) is 0. The van der Waals surface area contributed by atoms with Gasteiger partial charge < -0.3 is 0 Å². The molecule has 0 spiro atoms. The van der Waals surface area contributed by atoms with Gasteiger partial charge in [-0.1, -0.05) is 36.9 Å². The maximum absolute atomic E-state index is 11.9. The molecule has 1 aromatic rings. The van der Waals surface area contributed by atoms with Crippen molar-refractivity contribution in [1.29, 1.82) is 0 Å². The Hall–Kier alpha value is -1.22. The summed E-state index contributed by atoms with van der Waals surface area (Å²) in [6, 6.07) is 9.65. The average Bonchev–Trinajstić information content (AvgIpc) is 2.25. The van der Waals surface area contributed by atoms with Gasteiger partial charge in [-0.2, -0.15) is 4.40 Å². The molecule has 0 N–H and O–H groups in total. The third-order valence-corrected chi connectivity index (χ3v) is 3.38. The molecule has 0 saturated heterocycles. The molecule has 0 fully saturated rings. The highest BCUT2D eigenvalue weighted by Crippen LogP contribution is 2.14. The Morgan fingerprint density at radius 3 is 2.31 bits per heavy atom. The smallest absolute Gasteiger partial charge is 0.145 e. The third-order valence-electron chi connectivity index (χ3n) is 1.97. The lowest BCUT2D eigenvalue weighted by Gasteiger charge is -2.14. The molecule has 16 heavy (non-hydrogen) atoms. The molecule has 1 atom stereocenters. The van der Waals surface area contributed by atoms with Crippen LogP contribution in [-0.2, 0) is 11.0 Å². The van der Waals surface area contributed by atoms with Crippen LogP contribution in [0.25, 0.3) is 0 Å². The summed E-state index contributed by atoms with van der Waals surface area (Å²) >= 11 is 0. The monoisotopic (exact) mass is 235 g/mol. The normalized spacial score (nSPS) is 14.6. The van der Waals surface area contributed by atoms with E-state index in [0.717, 1.165) is 5.56 Å². The Labute approximate surface area is 99.7 Å². The van der Waals surface area contributed by atoms with Gasteiger partial charge in [0.2, 0.25) is 0 Å². The highest BCUT2D eigenvalue weighted by molar-refractivity contribution is 7.85. The Bertz CT molecular complexity index is 415. The number of hydrogen-bond acceptors (Lipinski definition) is 1. The van der Waals surface area contributed by atoms with E-state index in [9.17, 15) is 4.21 Å². The van der Waals surface area contributed by atoms with Crippen LogP contribution in [0.4, 0.5) is 0 Å². The molecule has 2 nitrogen and oxygen atoms in total. The van der Waals surface area contributed by atoms with Crippen LogP contribution in [0.5, 0.6) is 0 Å². The summed E-state index contributed by atoms with van der Waals surface area (Å²) < 4.78 is 15.7. The summed E-state index contributed by atoms with van der Waals surface area (Å²) in [6.45, 7) is 9.41. The Kier molecular flexibility index (Phi) is 4.19. The van der Waals surface area contributed by atoms with Gasteiger partial charge in [-0.05, 0) is 26.8 Å². The standard InChI is InChI=1S/C13H17NOS/c1-5-12(11-9-7-6-8-10-11)14-16(15)13(2,3)4/h5-10H,1H2,2-4H3/b14-12+/t16-/m1/s1. The fourth-order valence-electron chi connectivity index (χ4n) is 1.04. The van der Waals surface area contributed by atoms with Crippen LogP contribution in [0.15, 0.2) is 47.4 Å². The molecule has 0 amide bonds. The third kappa shape index (κ3) is 3.42. The van der Waals surface area contributed by atoms with E-state index < -0.39 is 11.0 Å². The summed E-state index contributed by atoms with van der Waals surface area (Å²) in [5, 5.41) is 0. The van der Waals surface area contributed by atoms with Crippen LogP contribution < -0.4 is 0 Å². The molecule has 0 aliphatic rings. The molecule has 3 heteroatoms. The Balaban J connectivity index is 3.05. The first-order valence-corrected chi connectivity index (χ1v) is 6.24. The molecule has 0 radical (unpaired) electrons. The van der Waals surface area contributed by atoms with E-state index in [1.54, 1.807) is 6.08 Å². The predicted octanol–water partition coefficient (Wildman–Crippen LogP) is 3.12. The summed E-state index contributed by atoms with van der Waals surface area (Å²) in [4.78, 5) is 0. The van der Waals surface area contributed by atoms with E-state index in [2.05, 4.69) is 11.0 Å². The minimum absolute atomic E-state index is 0.344. The predicted molar refractivity (Wildman–Crippen MR) is 71.1 cm³/mol. The van der Waals surface area contributed by atoms with Crippen molar-refractivity contribution in [2.45, 2.75) is 25.5 Å². The lowest BCUT2D eigenvalue weighted by atomic mass is 10.1. The van der Waals surface area contributed by atoms with Crippen molar-refractivity contribution in [2.75, 3.05) is 0 Å². The largest absolute Gasteiger partial charge is 0.234 e. The van der Waals surface area contributed by atoms with Gasteiger partial charge in [-0.15, -0.1) is 0 Å². The summed E-state index contributed by atoms with van der Waals surface area (Å²) in [6.07, 6.45) is 1.64. The zero-order chi connectivity index (χ0) is 12.2. The van der Waals surface area contributed by atoms with Crippen molar-refractivity contribution >= 4 is 16.7 Å². The van der Waals surface area contributed by atoms with Crippen molar-refractivity contribution in [3.63, 3.8) is 0 Å². The minimum atomic E-state index is -1.25. The maximum Gasteiger partial charge on any atom is 0.145 e. The van der Waals surface area contributed by atoms with Gasteiger partial charge in [0.1, 0.15) is 11.0 Å². The van der Waals surface area contributed by atoms with Crippen molar-refractivity contribution in [3.8, 4) is 0 Å². The van der Waals surface area contributed by atoms with E-state index in [4.69, 9.17) is 0 Å². The average molecular weight is 235 g/mol. The van der Waals surface area contributed by atoms with Crippen molar-refractivity contribution in [3.05, 3.63) is 48.6 Å². The van der Waals surface area contributed by atoms with Crippen LogP contribution in [0.2, 0.25) is 0 Å². The Morgan fingerprint density at radius 2 is 1.88 bits per heavy atom. The maximum atomic E-state index is 11.9. The second-order valence-corrected chi connectivity index (χ2v) is 6.31. The van der Waals surface area contributed by atoms with Gasteiger partial charge >= 0.3 is 0 Å². The van der Waals surface area contributed by atoms with Crippen LogP contribution in [-0.4, -0.2) is 14.7 Å². The summed E-state index contributed by atoms with van der Waals surface area (Å²) in [7, 11) is -1.25. The van der Waals surface area contributed by atoms with Crippen molar-refractivity contribution in [2.24, 2.45) is 4.40 Å². The van der Waals surface area contributed by atoms with Crippen molar-refractivity contribution in [1.82, 2.24) is 0 Å². The van der Waals surface area contributed by atoms with Crippen LogP contribution >= 0.6 is 0 Å². The van der Waals surface area contributed by atoms with E-state index in [0.29, 0.717) is 5.71 Å². The van der Waals surface area contributed by atoms with Crippen molar-refractivity contribution < 1.29 is 4.21 Å². The topological polar surface area (TPSA) is 29.4 Å². The zero-order valence-corrected chi connectivity index (χ0v) is 10.8. The van der Waals surface area contributed by atoms with E-state index in [1.807, 2.05) is 51.1 Å². The molecule has 1 rings (SSSR count). The van der Waals surface area contributed by atoms with E-state index in [1.165, 1.54) is 0 Å². The molecule has 0 heterocycles. The first-order chi connectivity index (χ1) is 7.45.